The van der Waals surface area contributed by atoms with Crippen molar-refractivity contribution >= 4 is 22.9 Å². The number of carboxylic acid groups (broad SMARTS) is 1. The topological polar surface area (TPSA) is 258 Å². The first-order chi connectivity index (χ1) is 21.3. The Morgan fingerprint density at radius 3 is 2.22 bits per heavy atom. The third-order valence-corrected chi connectivity index (χ3v) is 6.51. The Hall–Kier alpha value is -5.19. The van der Waals surface area contributed by atoms with Gasteiger partial charge in [0.2, 0.25) is 12.0 Å². The van der Waals surface area contributed by atoms with Gasteiger partial charge < -0.3 is 65.0 Å². The summed E-state index contributed by atoms with van der Waals surface area (Å²) >= 11 is 0. The van der Waals surface area contributed by atoms with Gasteiger partial charge in [0.15, 0.2) is 11.5 Å². The Balaban J connectivity index is 0.000000297. The number of esters is 1. The summed E-state index contributed by atoms with van der Waals surface area (Å²) in [6.07, 6.45) is -7.76. The smallest absolute Gasteiger partial charge is 0.402 e. The number of aromatic carboxylic acids is 1. The summed E-state index contributed by atoms with van der Waals surface area (Å²) < 4.78 is 21.5. The molecule has 5 atom stereocenters. The molecule has 3 aromatic carbocycles. The summed E-state index contributed by atoms with van der Waals surface area (Å²) in [5, 5.41) is 89.7. The number of para-hydroxylation sites is 1. The molecule has 1 aliphatic rings. The average Bonchev–Trinajstić information content (AvgIpc) is 2.99. The van der Waals surface area contributed by atoms with Crippen molar-refractivity contribution in [3.63, 3.8) is 0 Å². The second kappa shape index (κ2) is 13.6. The number of rotatable bonds is 6. The lowest BCUT2D eigenvalue weighted by molar-refractivity contribution is -0.277. The molecule has 0 aliphatic carbocycles. The van der Waals surface area contributed by atoms with Crippen molar-refractivity contribution in [3.05, 3.63) is 66.2 Å². The molecule has 0 radical (unpaired) electrons. The van der Waals surface area contributed by atoms with Crippen LogP contribution in [-0.4, -0.2) is 90.1 Å². The van der Waals surface area contributed by atoms with E-state index < -0.39 is 55.0 Å². The number of benzene rings is 3. The minimum atomic E-state index is -1.71. The Morgan fingerprint density at radius 2 is 1.58 bits per heavy atom. The normalized spacial score (nSPS) is 21.0. The van der Waals surface area contributed by atoms with Crippen molar-refractivity contribution in [1.29, 1.82) is 0 Å². The van der Waals surface area contributed by atoms with E-state index in [-0.39, 0.29) is 56.6 Å². The second-order valence-electron chi connectivity index (χ2n) is 9.71. The zero-order chi connectivity index (χ0) is 33.0. The van der Waals surface area contributed by atoms with E-state index in [0.29, 0.717) is 0 Å². The van der Waals surface area contributed by atoms with Crippen LogP contribution in [-0.2, 0) is 9.53 Å². The number of aliphatic hydroxyl groups excluding tert-OH is 4. The van der Waals surface area contributed by atoms with E-state index in [1.807, 2.05) is 0 Å². The maximum atomic E-state index is 10.6. The Labute approximate surface area is 253 Å². The zero-order valence-electron chi connectivity index (χ0n) is 23.3. The molecule has 0 saturated carbocycles. The number of carbonyl (C=O) groups is 2. The van der Waals surface area contributed by atoms with Gasteiger partial charge in [0.1, 0.15) is 47.1 Å². The first-order valence-electron chi connectivity index (χ1n) is 13.1. The van der Waals surface area contributed by atoms with Crippen LogP contribution < -0.4 is 14.6 Å². The predicted molar refractivity (Wildman–Crippen MR) is 149 cm³/mol. The number of carboxylic acids is 1. The molecular weight excluding hydrogens is 600 g/mol. The summed E-state index contributed by atoms with van der Waals surface area (Å²) in [4.78, 5) is 21.1. The standard InChI is InChI=1S/C21H20O11.C9H8O4/c22-7-16-17(27)18(28)19(29)21(32-16)31-15-6-10-12(25)4-9(23)5-14(10)30-20(15)8-1-2-11(24)13(26)3-8;1-6(10)13-8-5-3-2-4-7(8)9(11)12/h1-6,16-19,21-22,27-29H,7H2,(H3-,23,24,25,26);2-5H,1H3,(H,11,12)/t16-,17-,18+,19-,21-;/m1./s1. The van der Waals surface area contributed by atoms with Gasteiger partial charge in [-0.3, -0.25) is 4.79 Å². The van der Waals surface area contributed by atoms with Crippen molar-refractivity contribution < 1.29 is 74.2 Å². The van der Waals surface area contributed by atoms with E-state index in [9.17, 15) is 55.5 Å². The lowest BCUT2D eigenvalue weighted by Crippen LogP contribution is -2.60. The molecule has 0 spiro atoms. The SMILES string of the molecule is CC(=O)Oc1ccccc1C(=O)[O-].OC[C@H]1O[C@@H](Oc2cc3c(O)cc(O)cc3[o+]c2-c2ccc(O)c(O)c2)[C@H](O)[C@@H](O)[C@@H]1O. The van der Waals surface area contributed by atoms with Gasteiger partial charge >= 0.3 is 17.3 Å². The van der Waals surface area contributed by atoms with Crippen LogP contribution in [0.5, 0.6) is 34.5 Å². The fourth-order valence-corrected chi connectivity index (χ4v) is 4.31. The molecule has 2 heterocycles. The molecule has 0 unspecified atom stereocenters. The van der Waals surface area contributed by atoms with Crippen molar-refractivity contribution in [2.75, 3.05) is 6.61 Å². The number of carbonyl (C=O) groups excluding carboxylic acids is 2. The van der Waals surface area contributed by atoms with Crippen molar-refractivity contribution in [2.45, 2.75) is 37.6 Å². The molecule has 1 aromatic heterocycles. The number of ether oxygens (including phenoxy) is 3. The summed E-state index contributed by atoms with van der Waals surface area (Å²) in [6, 6.07) is 13.2. The third kappa shape index (κ3) is 7.31. The van der Waals surface area contributed by atoms with E-state index in [1.165, 1.54) is 55.5 Å². The van der Waals surface area contributed by atoms with E-state index in [0.717, 1.165) is 6.07 Å². The summed E-state index contributed by atoms with van der Waals surface area (Å²) in [7, 11) is 0. The average molecular weight is 629 g/mol. The molecule has 0 amide bonds. The molecule has 4 aromatic rings. The molecule has 1 saturated heterocycles. The number of phenols is 4. The van der Waals surface area contributed by atoms with E-state index in [4.69, 9.17) is 13.9 Å². The second-order valence-corrected chi connectivity index (χ2v) is 9.71. The van der Waals surface area contributed by atoms with Crippen LogP contribution in [0.2, 0.25) is 0 Å². The highest BCUT2D eigenvalue weighted by Gasteiger charge is 2.45. The fourth-order valence-electron chi connectivity index (χ4n) is 4.31. The van der Waals surface area contributed by atoms with Crippen molar-refractivity contribution in [3.8, 4) is 45.8 Å². The minimum Gasteiger partial charge on any atom is -0.545 e. The van der Waals surface area contributed by atoms with Crippen molar-refractivity contribution in [2.24, 2.45) is 0 Å². The van der Waals surface area contributed by atoms with Crippen LogP contribution in [0.4, 0.5) is 0 Å². The van der Waals surface area contributed by atoms with Crippen LogP contribution in [0.3, 0.4) is 0 Å². The largest absolute Gasteiger partial charge is 0.545 e. The van der Waals surface area contributed by atoms with E-state index in [1.54, 1.807) is 6.07 Å². The van der Waals surface area contributed by atoms with E-state index in [2.05, 4.69) is 4.74 Å². The van der Waals surface area contributed by atoms with Gasteiger partial charge in [0.05, 0.1) is 24.2 Å². The van der Waals surface area contributed by atoms with Crippen LogP contribution in [0.1, 0.15) is 17.3 Å². The molecule has 15 heteroatoms. The molecule has 5 rings (SSSR count). The van der Waals surface area contributed by atoms with Crippen LogP contribution in [0, 0.1) is 0 Å². The van der Waals surface area contributed by atoms with Crippen molar-refractivity contribution in [1.82, 2.24) is 0 Å². The molecule has 238 valence electrons. The van der Waals surface area contributed by atoms with Crippen LogP contribution >= 0.6 is 0 Å². The van der Waals surface area contributed by atoms with E-state index >= 15 is 0 Å². The molecule has 1 fully saturated rings. The van der Waals surface area contributed by atoms with Gasteiger partial charge in [-0.2, -0.15) is 0 Å². The number of phenolic OH excluding ortho intramolecular Hbond substituents is 4. The molecule has 15 nitrogen and oxygen atoms in total. The number of hydrogen-bond donors (Lipinski definition) is 8. The van der Waals surface area contributed by atoms with Gasteiger partial charge in [-0.25, -0.2) is 4.42 Å². The summed E-state index contributed by atoms with van der Waals surface area (Å²) in [6.45, 7) is 0.539. The first-order valence-corrected chi connectivity index (χ1v) is 13.1. The number of aliphatic hydroxyl groups is 4. The maximum absolute atomic E-state index is 10.6. The van der Waals surface area contributed by atoms with Gasteiger partial charge in [-0.15, -0.1) is 0 Å². The predicted octanol–water partition coefficient (Wildman–Crippen LogP) is 0.357. The monoisotopic (exact) mass is 628 g/mol. The Kier molecular flexibility index (Phi) is 9.91. The Morgan fingerprint density at radius 1 is 0.867 bits per heavy atom. The van der Waals surface area contributed by atoms with Crippen LogP contribution in [0.15, 0.2) is 65.1 Å². The molecule has 1 aliphatic heterocycles. The number of aromatic hydroxyl groups is 4. The number of hydrogen-bond acceptors (Lipinski definition) is 14. The highest BCUT2D eigenvalue weighted by molar-refractivity contribution is 5.90. The lowest BCUT2D eigenvalue weighted by Gasteiger charge is -2.39. The van der Waals surface area contributed by atoms with Gasteiger partial charge in [0.25, 0.3) is 0 Å². The molecule has 45 heavy (non-hydrogen) atoms. The van der Waals surface area contributed by atoms with Gasteiger partial charge in [-0.05, 0) is 24.3 Å². The lowest BCUT2D eigenvalue weighted by atomic mass is 9.99. The highest BCUT2D eigenvalue weighted by atomic mass is 16.7. The maximum Gasteiger partial charge on any atom is 0.402 e. The molecule has 0 bridgehead atoms. The summed E-state index contributed by atoms with van der Waals surface area (Å²) in [5.41, 5.74) is 0.133. The summed E-state index contributed by atoms with van der Waals surface area (Å²) in [5.74, 6) is -3.55. The fraction of sp³-hybridized carbons (Fsp3) is 0.233. The van der Waals surface area contributed by atoms with Gasteiger partial charge in [-0.1, -0.05) is 12.1 Å². The third-order valence-electron chi connectivity index (χ3n) is 6.51. The molecule has 8 N–H and O–H groups in total. The first kappa shape index (κ1) is 32.7. The zero-order valence-corrected chi connectivity index (χ0v) is 23.3. The van der Waals surface area contributed by atoms with Crippen LogP contribution in [0.25, 0.3) is 22.3 Å². The highest BCUT2D eigenvalue weighted by Crippen LogP contribution is 2.42. The minimum absolute atomic E-state index is 0.00926. The Bertz CT molecular complexity index is 1700. The number of fused-ring (bicyclic) bond motifs is 1. The molecular formula is C30H28O15. The van der Waals surface area contributed by atoms with Gasteiger partial charge in [0, 0.05) is 30.7 Å². The quantitative estimate of drug-likeness (QED) is 0.0620.